The summed E-state index contributed by atoms with van der Waals surface area (Å²) in [6, 6.07) is -0.261. The van der Waals surface area contributed by atoms with Crippen molar-refractivity contribution in [3.8, 4) is 0 Å². The lowest BCUT2D eigenvalue weighted by molar-refractivity contribution is -0.121. The van der Waals surface area contributed by atoms with Crippen LogP contribution < -0.4 is 16.4 Å². The van der Waals surface area contributed by atoms with Crippen molar-refractivity contribution in [3.63, 3.8) is 0 Å². The zero-order chi connectivity index (χ0) is 12.8. The van der Waals surface area contributed by atoms with E-state index in [1.807, 2.05) is 7.05 Å². The Kier molecular flexibility index (Phi) is 5.37. The molecular formula is C11H22N4O2. The molecule has 2 atom stereocenters. The molecule has 4 N–H and O–H groups in total. The number of nitrogens with one attached hydrogen (secondary N) is 2. The lowest BCUT2D eigenvalue weighted by atomic mass is 9.90. The maximum atomic E-state index is 11.4. The van der Waals surface area contributed by atoms with E-state index in [0.717, 1.165) is 25.9 Å². The normalized spacial score (nSPS) is 25.5. The van der Waals surface area contributed by atoms with Crippen LogP contribution in [0.1, 0.15) is 19.8 Å². The summed E-state index contributed by atoms with van der Waals surface area (Å²) in [5.74, 6) is 0.227. The van der Waals surface area contributed by atoms with Crippen molar-refractivity contribution in [2.75, 3.05) is 26.7 Å². The first-order valence-electron chi connectivity index (χ1n) is 6.05. The highest BCUT2D eigenvalue weighted by molar-refractivity contribution is 5.94. The maximum absolute atomic E-state index is 11.4. The quantitative estimate of drug-likeness (QED) is 0.620. The molecule has 2 unspecified atom stereocenters. The Morgan fingerprint density at radius 3 is 2.71 bits per heavy atom. The van der Waals surface area contributed by atoms with Crippen LogP contribution in [0.3, 0.4) is 0 Å². The highest BCUT2D eigenvalue weighted by Crippen LogP contribution is 2.19. The summed E-state index contributed by atoms with van der Waals surface area (Å²) in [5, 5.41) is 5.40. The van der Waals surface area contributed by atoms with Crippen LogP contribution in [0.5, 0.6) is 0 Å². The third-order valence-corrected chi connectivity index (χ3v) is 3.34. The summed E-state index contributed by atoms with van der Waals surface area (Å²) in [6.45, 7) is 4.15. The minimum atomic E-state index is -0.785. The van der Waals surface area contributed by atoms with Gasteiger partial charge in [-0.3, -0.25) is 15.0 Å². The zero-order valence-corrected chi connectivity index (χ0v) is 10.5. The second kappa shape index (κ2) is 6.56. The fraction of sp³-hybridized carbons (Fsp3) is 0.818. The summed E-state index contributed by atoms with van der Waals surface area (Å²) in [6.07, 6.45) is 2.11. The molecule has 98 valence electrons. The second-order valence-electron chi connectivity index (χ2n) is 4.50. The summed E-state index contributed by atoms with van der Waals surface area (Å²) < 4.78 is 0. The van der Waals surface area contributed by atoms with Crippen LogP contribution in [-0.2, 0) is 4.79 Å². The summed E-state index contributed by atoms with van der Waals surface area (Å²) in [5.41, 5.74) is 4.90. The van der Waals surface area contributed by atoms with Crippen molar-refractivity contribution in [1.82, 2.24) is 15.5 Å². The number of hydrogen-bond acceptors (Lipinski definition) is 4. The van der Waals surface area contributed by atoms with Crippen LogP contribution >= 0.6 is 0 Å². The van der Waals surface area contributed by atoms with Crippen molar-refractivity contribution in [1.29, 1.82) is 0 Å². The van der Waals surface area contributed by atoms with Crippen molar-refractivity contribution in [2.24, 2.45) is 11.7 Å². The third-order valence-electron chi connectivity index (χ3n) is 3.34. The van der Waals surface area contributed by atoms with Crippen LogP contribution in [0.15, 0.2) is 0 Å². The number of nitrogens with zero attached hydrogens (tertiary/aromatic N) is 1. The van der Waals surface area contributed by atoms with E-state index in [0.29, 0.717) is 12.0 Å². The van der Waals surface area contributed by atoms with Crippen LogP contribution in [0.2, 0.25) is 0 Å². The topological polar surface area (TPSA) is 87.5 Å². The van der Waals surface area contributed by atoms with Crippen molar-refractivity contribution in [3.05, 3.63) is 0 Å². The number of nitrogens with two attached hydrogens (primary N) is 1. The van der Waals surface area contributed by atoms with E-state index in [9.17, 15) is 9.59 Å². The molecule has 0 aromatic rings. The van der Waals surface area contributed by atoms with Crippen LogP contribution in [0.25, 0.3) is 0 Å². The van der Waals surface area contributed by atoms with Gasteiger partial charge in [-0.25, -0.2) is 4.79 Å². The van der Waals surface area contributed by atoms with E-state index in [2.05, 4.69) is 22.5 Å². The first-order valence-corrected chi connectivity index (χ1v) is 6.05. The van der Waals surface area contributed by atoms with Gasteiger partial charge in [0.05, 0.1) is 6.54 Å². The molecule has 1 saturated heterocycles. The fourth-order valence-electron chi connectivity index (χ4n) is 2.42. The lowest BCUT2D eigenvalue weighted by Gasteiger charge is -2.37. The minimum Gasteiger partial charge on any atom is -0.351 e. The highest BCUT2D eigenvalue weighted by Gasteiger charge is 2.27. The van der Waals surface area contributed by atoms with Crippen LogP contribution in [0.4, 0.5) is 4.79 Å². The summed E-state index contributed by atoms with van der Waals surface area (Å²) >= 11 is 0. The number of carbonyl (C=O) groups excluding carboxylic acids is 2. The monoisotopic (exact) mass is 242 g/mol. The number of primary amides is 1. The van der Waals surface area contributed by atoms with Gasteiger partial charge >= 0.3 is 6.03 Å². The Balaban J connectivity index is 2.41. The number of carbonyl (C=O) groups is 2. The van der Waals surface area contributed by atoms with Gasteiger partial charge in [0.2, 0.25) is 5.91 Å². The van der Waals surface area contributed by atoms with Gasteiger partial charge in [0.25, 0.3) is 0 Å². The Morgan fingerprint density at radius 1 is 1.47 bits per heavy atom. The first-order chi connectivity index (χ1) is 8.06. The van der Waals surface area contributed by atoms with Gasteiger partial charge in [0, 0.05) is 19.1 Å². The molecule has 1 rings (SSSR count). The van der Waals surface area contributed by atoms with Gasteiger partial charge in [-0.1, -0.05) is 13.3 Å². The summed E-state index contributed by atoms with van der Waals surface area (Å²) in [4.78, 5) is 24.0. The second-order valence-corrected chi connectivity index (χ2v) is 4.50. The number of hydrogen-bond donors (Lipinski definition) is 3. The average molecular weight is 242 g/mol. The predicted octanol–water partition coefficient (Wildman–Crippen LogP) is -0.499. The Morgan fingerprint density at radius 2 is 2.18 bits per heavy atom. The number of likely N-dealkylation sites (tertiary alicyclic amines) is 1. The molecule has 1 aliphatic heterocycles. The Labute approximate surface area is 102 Å². The van der Waals surface area contributed by atoms with Gasteiger partial charge in [-0.2, -0.15) is 0 Å². The van der Waals surface area contributed by atoms with Gasteiger partial charge < -0.3 is 11.1 Å². The Bertz CT molecular complexity index is 283. The first kappa shape index (κ1) is 13.9. The molecule has 3 amide bonds. The maximum Gasteiger partial charge on any atom is 0.318 e. The molecule has 6 nitrogen and oxygen atoms in total. The number of piperidine rings is 1. The van der Waals surface area contributed by atoms with Crippen molar-refractivity contribution in [2.45, 2.75) is 25.8 Å². The van der Waals surface area contributed by atoms with E-state index < -0.39 is 6.03 Å². The van der Waals surface area contributed by atoms with E-state index in [4.69, 9.17) is 5.73 Å². The van der Waals surface area contributed by atoms with E-state index in [1.54, 1.807) is 0 Å². The average Bonchev–Trinajstić information content (AvgIpc) is 2.27. The van der Waals surface area contributed by atoms with E-state index in [1.165, 1.54) is 0 Å². The lowest BCUT2D eigenvalue weighted by Crippen LogP contribution is -2.51. The Hall–Kier alpha value is -1.14. The molecule has 0 aromatic carbocycles. The molecule has 0 aliphatic carbocycles. The molecule has 0 saturated carbocycles. The highest BCUT2D eigenvalue weighted by atomic mass is 16.2. The van der Waals surface area contributed by atoms with Gasteiger partial charge in [-0.05, 0) is 19.4 Å². The number of rotatable bonds is 4. The molecule has 0 bridgehead atoms. The van der Waals surface area contributed by atoms with E-state index in [-0.39, 0.29) is 12.5 Å². The molecule has 6 heteroatoms. The zero-order valence-electron chi connectivity index (χ0n) is 10.5. The van der Waals surface area contributed by atoms with Crippen molar-refractivity contribution >= 4 is 11.9 Å². The molecule has 0 aromatic heterocycles. The predicted molar refractivity (Wildman–Crippen MR) is 65.4 cm³/mol. The molecule has 17 heavy (non-hydrogen) atoms. The molecule has 0 spiro atoms. The van der Waals surface area contributed by atoms with Gasteiger partial charge in [0.1, 0.15) is 0 Å². The van der Waals surface area contributed by atoms with Crippen molar-refractivity contribution < 1.29 is 9.59 Å². The molecule has 1 fully saturated rings. The number of amides is 3. The standard InChI is InChI=1S/C11H22N4O2/c1-3-8-6-15(5-4-9(8)13-2)7-10(16)14-11(12)17/h8-9,13H,3-7H2,1-2H3,(H3,12,14,16,17). The number of imide groups is 1. The molecule has 1 aliphatic rings. The minimum absolute atomic E-state index is 0.246. The van der Waals surface area contributed by atoms with Gasteiger partial charge in [0.15, 0.2) is 0 Å². The van der Waals surface area contributed by atoms with Crippen LogP contribution in [0, 0.1) is 5.92 Å². The van der Waals surface area contributed by atoms with Crippen LogP contribution in [-0.4, -0.2) is 49.6 Å². The molecular weight excluding hydrogens is 220 g/mol. The summed E-state index contributed by atoms with van der Waals surface area (Å²) in [7, 11) is 1.97. The number of urea groups is 1. The largest absolute Gasteiger partial charge is 0.351 e. The fourth-order valence-corrected chi connectivity index (χ4v) is 2.42. The molecule has 1 heterocycles. The SMILES string of the molecule is CCC1CN(CC(=O)NC(N)=O)CCC1NC. The smallest absolute Gasteiger partial charge is 0.318 e. The third kappa shape index (κ3) is 4.32. The van der Waals surface area contributed by atoms with E-state index >= 15 is 0 Å². The molecule has 0 radical (unpaired) electrons. The van der Waals surface area contributed by atoms with Gasteiger partial charge in [-0.15, -0.1) is 0 Å².